The van der Waals surface area contributed by atoms with Crippen molar-refractivity contribution in [2.75, 3.05) is 13.7 Å². The van der Waals surface area contributed by atoms with E-state index in [-0.39, 0.29) is 6.61 Å². The quantitative estimate of drug-likeness (QED) is 0.830. The number of aliphatic hydroxyl groups is 1. The fourth-order valence-corrected chi connectivity index (χ4v) is 2.62. The summed E-state index contributed by atoms with van der Waals surface area (Å²) in [5.41, 5.74) is -2.05. The SMILES string of the molecule is COCC(C)(C)[C@@H]1OC(=O)[C@@](C)([C@@H](O)c2ccccc2)OC1=O. The summed E-state index contributed by atoms with van der Waals surface area (Å²) >= 11 is 0. The van der Waals surface area contributed by atoms with Crippen molar-refractivity contribution >= 4 is 11.9 Å². The second-order valence-corrected chi connectivity index (χ2v) is 6.55. The Morgan fingerprint density at radius 2 is 1.91 bits per heavy atom. The van der Waals surface area contributed by atoms with E-state index in [1.54, 1.807) is 44.2 Å². The van der Waals surface area contributed by atoms with E-state index in [1.807, 2.05) is 0 Å². The molecule has 1 aliphatic heterocycles. The first-order chi connectivity index (χ1) is 10.7. The first-order valence-electron chi connectivity index (χ1n) is 7.38. The maximum atomic E-state index is 12.4. The number of rotatable bonds is 5. The lowest BCUT2D eigenvalue weighted by atomic mass is 9.85. The summed E-state index contributed by atoms with van der Waals surface area (Å²) in [6.45, 7) is 5.06. The van der Waals surface area contributed by atoms with Gasteiger partial charge in [-0.3, -0.25) is 0 Å². The van der Waals surface area contributed by atoms with Crippen molar-refractivity contribution in [1.29, 1.82) is 0 Å². The number of esters is 2. The molecule has 0 saturated carbocycles. The van der Waals surface area contributed by atoms with Gasteiger partial charge in [-0.25, -0.2) is 9.59 Å². The molecule has 2 rings (SSSR count). The molecule has 1 aromatic carbocycles. The standard InChI is InChI=1S/C17H22O6/c1-16(2,10-21-4)13-14(19)23-17(3,15(20)22-13)12(18)11-8-6-5-7-9-11/h5-9,12-13,18H,10H2,1-4H3/t12-,13+,17+/m0/s1. The minimum atomic E-state index is -1.78. The van der Waals surface area contributed by atoms with E-state index in [2.05, 4.69) is 0 Å². The molecule has 0 amide bonds. The smallest absolute Gasteiger partial charge is 0.354 e. The highest BCUT2D eigenvalue weighted by molar-refractivity contribution is 5.91. The first kappa shape index (κ1) is 17.4. The predicted octanol–water partition coefficient (Wildman–Crippen LogP) is 1.62. The highest BCUT2D eigenvalue weighted by Crippen LogP contribution is 2.38. The molecular formula is C17H22O6. The molecule has 3 atom stereocenters. The number of methoxy groups -OCH3 is 1. The van der Waals surface area contributed by atoms with Crippen LogP contribution in [0.5, 0.6) is 0 Å². The number of aliphatic hydroxyl groups excluding tert-OH is 1. The number of cyclic esters (lactones) is 2. The van der Waals surface area contributed by atoms with Gasteiger partial charge >= 0.3 is 11.9 Å². The van der Waals surface area contributed by atoms with Crippen LogP contribution in [0.2, 0.25) is 0 Å². The third-order valence-corrected chi connectivity index (χ3v) is 4.02. The van der Waals surface area contributed by atoms with Gasteiger partial charge in [0, 0.05) is 12.5 Å². The Hall–Kier alpha value is -1.92. The van der Waals surface area contributed by atoms with Gasteiger partial charge in [-0.05, 0) is 12.5 Å². The van der Waals surface area contributed by atoms with E-state index >= 15 is 0 Å². The maximum Gasteiger partial charge on any atom is 0.354 e. The summed E-state index contributed by atoms with van der Waals surface area (Å²) in [7, 11) is 1.50. The summed E-state index contributed by atoms with van der Waals surface area (Å²) in [6, 6.07) is 8.54. The van der Waals surface area contributed by atoms with Crippen LogP contribution in [-0.2, 0) is 23.8 Å². The summed E-state index contributed by atoms with van der Waals surface area (Å²) in [5.74, 6) is -1.47. The number of carbonyl (C=O) groups is 2. The van der Waals surface area contributed by atoms with Gasteiger partial charge in [-0.1, -0.05) is 44.2 Å². The van der Waals surface area contributed by atoms with Crippen LogP contribution in [0.25, 0.3) is 0 Å². The third-order valence-electron chi connectivity index (χ3n) is 4.02. The Balaban J connectivity index is 2.25. The summed E-state index contributed by atoms with van der Waals surface area (Å²) in [6.07, 6.45) is -2.39. The molecular weight excluding hydrogens is 300 g/mol. The molecule has 1 aromatic rings. The van der Waals surface area contributed by atoms with Crippen LogP contribution in [0.4, 0.5) is 0 Å². The third kappa shape index (κ3) is 3.23. The molecule has 126 valence electrons. The van der Waals surface area contributed by atoms with E-state index in [0.717, 1.165) is 0 Å². The van der Waals surface area contributed by atoms with Gasteiger partial charge in [0.25, 0.3) is 0 Å². The molecule has 23 heavy (non-hydrogen) atoms. The normalized spacial score (nSPS) is 26.4. The van der Waals surface area contributed by atoms with Crippen LogP contribution in [0.1, 0.15) is 32.4 Å². The molecule has 0 radical (unpaired) electrons. The fraction of sp³-hybridized carbons (Fsp3) is 0.529. The van der Waals surface area contributed by atoms with E-state index in [0.29, 0.717) is 5.56 Å². The van der Waals surface area contributed by atoms with Gasteiger partial charge in [-0.15, -0.1) is 0 Å². The lowest BCUT2D eigenvalue weighted by Crippen LogP contribution is -2.59. The molecule has 1 heterocycles. The number of benzene rings is 1. The van der Waals surface area contributed by atoms with Gasteiger partial charge in [0.2, 0.25) is 11.7 Å². The number of carbonyl (C=O) groups excluding carboxylic acids is 2. The second-order valence-electron chi connectivity index (χ2n) is 6.55. The van der Waals surface area contributed by atoms with E-state index in [1.165, 1.54) is 14.0 Å². The minimum Gasteiger partial charge on any atom is -0.447 e. The fourth-order valence-electron chi connectivity index (χ4n) is 2.62. The molecule has 6 heteroatoms. The molecule has 1 N–H and O–H groups in total. The molecule has 0 aromatic heterocycles. The zero-order valence-corrected chi connectivity index (χ0v) is 13.7. The van der Waals surface area contributed by atoms with Crippen LogP contribution >= 0.6 is 0 Å². The van der Waals surface area contributed by atoms with E-state index in [9.17, 15) is 14.7 Å². The highest BCUT2D eigenvalue weighted by atomic mass is 16.7. The van der Waals surface area contributed by atoms with Crippen LogP contribution in [-0.4, -0.2) is 42.5 Å². The molecule has 0 bridgehead atoms. The lowest BCUT2D eigenvalue weighted by Gasteiger charge is -2.42. The Morgan fingerprint density at radius 1 is 1.30 bits per heavy atom. The van der Waals surface area contributed by atoms with E-state index in [4.69, 9.17) is 14.2 Å². The zero-order chi connectivity index (χ0) is 17.3. The van der Waals surface area contributed by atoms with Gasteiger partial charge < -0.3 is 19.3 Å². The van der Waals surface area contributed by atoms with Crippen molar-refractivity contribution < 1.29 is 28.9 Å². The molecule has 6 nitrogen and oxygen atoms in total. The van der Waals surface area contributed by atoms with Crippen LogP contribution < -0.4 is 0 Å². The Bertz CT molecular complexity index is 582. The van der Waals surface area contributed by atoms with Gasteiger partial charge in [0.05, 0.1) is 6.61 Å². The van der Waals surface area contributed by atoms with E-state index < -0.39 is 35.2 Å². The minimum absolute atomic E-state index is 0.220. The van der Waals surface area contributed by atoms with Crippen molar-refractivity contribution in [1.82, 2.24) is 0 Å². The number of ether oxygens (including phenoxy) is 3. The van der Waals surface area contributed by atoms with Crippen molar-refractivity contribution in [3.8, 4) is 0 Å². The van der Waals surface area contributed by atoms with Crippen LogP contribution in [0, 0.1) is 5.41 Å². The van der Waals surface area contributed by atoms with Crippen molar-refractivity contribution in [2.24, 2.45) is 5.41 Å². The van der Waals surface area contributed by atoms with Crippen molar-refractivity contribution in [3.05, 3.63) is 35.9 Å². The number of hydrogen-bond acceptors (Lipinski definition) is 6. The highest BCUT2D eigenvalue weighted by Gasteiger charge is 2.56. The summed E-state index contributed by atoms with van der Waals surface area (Å²) in [4.78, 5) is 24.8. The van der Waals surface area contributed by atoms with Gasteiger partial charge in [0.15, 0.2) is 0 Å². The summed E-state index contributed by atoms with van der Waals surface area (Å²) < 4.78 is 15.7. The number of hydrogen-bond donors (Lipinski definition) is 1. The second kappa shape index (κ2) is 6.29. The zero-order valence-electron chi connectivity index (χ0n) is 13.7. The summed E-state index contributed by atoms with van der Waals surface area (Å²) in [5, 5.41) is 10.5. The van der Waals surface area contributed by atoms with Gasteiger partial charge in [0.1, 0.15) is 6.10 Å². The average molecular weight is 322 g/mol. The van der Waals surface area contributed by atoms with Crippen LogP contribution in [0.15, 0.2) is 30.3 Å². The topological polar surface area (TPSA) is 82.1 Å². The molecule has 1 saturated heterocycles. The molecule has 0 aliphatic carbocycles. The maximum absolute atomic E-state index is 12.4. The van der Waals surface area contributed by atoms with Crippen molar-refractivity contribution in [2.45, 2.75) is 38.6 Å². The Morgan fingerprint density at radius 3 is 2.48 bits per heavy atom. The average Bonchev–Trinajstić information content (AvgIpc) is 2.50. The lowest BCUT2D eigenvalue weighted by molar-refractivity contribution is -0.231. The van der Waals surface area contributed by atoms with Crippen LogP contribution in [0.3, 0.4) is 0 Å². The molecule has 0 spiro atoms. The monoisotopic (exact) mass is 322 g/mol. The predicted molar refractivity (Wildman–Crippen MR) is 81.4 cm³/mol. The molecule has 1 fully saturated rings. The van der Waals surface area contributed by atoms with Crippen molar-refractivity contribution in [3.63, 3.8) is 0 Å². The molecule has 0 unspecified atom stereocenters. The Kier molecular flexibility index (Phi) is 4.77. The first-order valence-corrected chi connectivity index (χ1v) is 7.38. The van der Waals surface area contributed by atoms with Gasteiger partial charge in [-0.2, -0.15) is 0 Å². The molecule has 1 aliphatic rings. The Labute approximate surface area is 135 Å². The largest absolute Gasteiger partial charge is 0.447 e.